The van der Waals surface area contributed by atoms with E-state index in [0.29, 0.717) is 5.82 Å². The number of nitrogens with two attached hydrogens (primary N) is 1. The molecule has 2 N–H and O–H groups in total. The van der Waals surface area contributed by atoms with Crippen molar-refractivity contribution in [3.8, 4) is 0 Å². The molecule has 3 rings (SSSR count). The molecule has 0 radical (unpaired) electrons. The number of hydrogen-bond donors (Lipinski definition) is 1. The highest BCUT2D eigenvalue weighted by Gasteiger charge is 2.33. The Morgan fingerprint density at radius 2 is 2.05 bits per heavy atom. The van der Waals surface area contributed by atoms with E-state index in [4.69, 9.17) is 10.7 Å². The molecule has 2 heterocycles. The van der Waals surface area contributed by atoms with Gasteiger partial charge in [-0.1, -0.05) is 6.92 Å². The highest BCUT2D eigenvalue weighted by Crippen LogP contribution is 2.38. The molecule has 0 amide bonds. The Labute approximate surface area is 124 Å². The van der Waals surface area contributed by atoms with Crippen molar-refractivity contribution in [3.05, 3.63) is 16.3 Å². The molecule has 2 atom stereocenters. The summed E-state index contributed by atoms with van der Waals surface area (Å²) in [4.78, 5) is 13.8. The standard InChI is InChI=1S/C15H22N4S/c1-8-5-11(8)6-19(4)7-12-17-14(16)13-9(2)10(3)20-15(13)18-12/h8,11H,5-7H2,1-4H3,(H2,16,17,18). The topological polar surface area (TPSA) is 55.0 Å². The molecule has 0 saturated heterocycles. The van der Waals surface area contributed by atoms with E-state index in [1.54, 1.807) is 11.3 Å². The summed E-state index contributed by atoms with van der Waals surface area (Å²) in [5.74, 6) is 3.20. The third kappa shape index (κ3) is 2.52. The van der Waals surface area contributed by atoms with Crippen molar-refractivity contribution < 1.29 is 0 Å². The molecular formula is C15H22N4S. The molecule has 2 aromatic heterocycles. The molecule has 2 unspecified atom stereocenters. The highest BCUT2D eigenvalue weighted by atomic mass is 32.1. The molecule has 0 aromatic carbocycles. The number of rotatable bonds is 4. The SMILES string of the molecule is Cc1sc2nc(CN(C)CC3CC3C)nc(N)c2c1C. The van der Waals surface area contributed by atoms with Crippen LogP contribution >= 0.6 is 11.3 Å². The predicted molar refractivity (Wildman–Crippen MR) is 84.9 cm³/mol. The largest absolute Gasteiger partial charge is 0.383 e. The monoisotopic (exact) mass is 290 g/mol. The molecule has 4 nitrogen and oxygen atoms in total. The van der Waals surface area contributed by atoms with E-state index >= 15 is 0 Å². The van der Waals surface area contributed by atoms with Crippen LogP contribution in [0.2, 0.25) is 0 Å². The van der Waals surface area contributed by atoms with Crippen LogP contribution in [0.3, 0.4) is 0 Å². The first-order chi connectivity index (χ1) is 9.45. The van der Waals surface area contributed by atoms with Gasteiger partial charge in [-0.3, -0.25) is 4.90 Å². The molecule has 0 spiro atoms. The molecule has 1 fully saturated rings. The zero-order chi connectivity index (χ0) is 14.4. The number of fused-ring (bicyclic) bond motifs is 1. The van der Waals surface area contributed by atoms with Crippen LogP contribution < -0.4 is 5.73 Å². The summed E-state index contributed by atoms with van der Waals surface area (Å²) in [5, 5.41) is 1.04. The minimum absolute atomic E-state index is 0.625. The van der Waals surface area contributed by atoms with Gasteiger partial charge in [0.1, 0.15) is 16.5 Å². The van der Waals surface area contributed by atoms with Crippen molar-refractivity contribution in [2.24, 2.45) is 11.8 Å². The number of nitrogen functional groups attached to an aromatic ring is 1. The fourth-order valence-electron chi connectivity index (χ4n) is 2.76. The first-order valence-corrected chi connectivity index (χ1v) is 7.98. The lowest BCUT2D eigenvalue weighted by atomic mass is 10.2. The van der Waals surface area contributed by atoms with Crippen LogP contribution in [0, 0.1) is 25.7 Å². The van der Waals surface area contributed by atoms with Gasteiger partial charge in [0.15, 0.2) is 0 Å². The summed E-state index contributed by atoms with van der Waals surface area (Å²) >= 11 is 1.71. The molecule has 2 aromatic rings. The van der Waals surface area contributed by atoms with E-state index in [1.807, 2.05) is 0 Å². The van der Waals surface area contributed by atoms with Crippen molar-refractivity contribution in [2.75, 3.05) is 19.3 Å². The number of thiophene rings is 1. The summed E-state index contributed by atoms with van der Waals surface area (Å²) in [6.45, 7) is 8.43. The van der Waals surface area contributed by atoms with Gasteiger partial charge in [0.05, 0.1) is 11.9 Å². The lowest BCUT2D eigenvalue weighted by molar-refractivity contribution is 0.300. The van der Waals surface area contributed by atoms with E-state index in [9.17, 15) is 0 Å². The van der Waals surface area contributed by atoms with Gasteiger partial charge in [-0.2, -0.15) is 0 Å². The first kappa shape index (κ1) is 13.8. The fourth-order valence-corrected chi connectivity index (χ4v) is 3.81. The van der Waals surface area contributed by atoms with Crippen molar-refractivity contribution in [1.29, 1.82) is 0 Å². The predicted octanol–water partition coefficient (Wildman–Crippen LogP) is 2.98. The third-order valence-corrected chi connectivity index (χ3v) is 5.44. The Morgan fingerprint density at radius 1 is 1.35 bits per heavy atom. The third-order valence-electron chi connectivity index (χ3n) is 4.34. The van der Waals surface area contributed by atoms with Crippen LogP contribution in [0.1, 0.15) is 29.6 Å². The molecular weight excluding hydrogens is 268 g/mol. The van der Waals surface area contributed by atoms with E-state index in [0.717, 1.165) is 41.0 Å². The minimum Gasteiger partial charge on any atom is -0.383 e. The lowest BCUT2D eigenvalue weighted by Crippen LogP contribution is -2.22. The Balaban J connectivity index is 1.81. The van der Waals surface area contributed by atoms with Gasteiger partial charge in [-0.15, -0.1) is 11.3 Å². The second kappa shape index (κ2) is 4.97. The maximum absolute atomic E-state index is 6.12. The average molecular weight is 290 g/mol. The Morgan fingerprint density at radius 3 is 2.70 bits per heavy atom. The summed E-state index contributed by atoms with van der Waals surface area (Å²) in [5.41, 5.74) is 7.34. The Kier molecular flexibility index (Phi) is 3.42. The molecule has 1 aliphatic carbocycles. The molecule has 20 heavy (non-hydrogen) atoms. The van der Waals surface area contributed by atoms with Gasteiger partial charge >= 0.3 is 0 Å². The number of aromatic nitrogens is 2. The second-order valence-corrected chi connectivity index (χ2v) is 7.36. The van der Waals surface area contributed by atoms with E-state index in [-0.39, 0.29) is 0 Å². The van der Waals surface area contributed by atoms with Crippen LogP contribution in [-0.4, -0.2) is 28.5 Å². The Hall–Kier alpha value is -1.20. The van der Waals surface area contributed by atoms with Gasteiger partial charge in [-0.05, 0) is 44.7 Å². The zero-order valence-electron chi connectivity index (χ0n) is 12.6. The van der Waals surface area contributed by atoms with Gasteiger partial charge in [0.2, 0.25) is 0 Å². The molecule has 0 aliphatic heterocycles. The Bertz CT molecular complexity index is 649. The molecule has 1 aliphatic rings. The number of aryl methyl sites for hydroxylation is 2. The average Bonchev–Trinajstić information content (AvgIpc) is 2.94. The van der Waals surface area contributed by atoms with Crippen LogP contribution in [0.15, 0.2) is 0 Å². The van der Waals surface area contributed by atoms with Crippen molar-refractivity contribution in [2.45, 2.75) is 33.7 Å². The first-order valence-electron chi connectivity index (χ1n) is 7.16. The van der Waals surface area contributed by atoms with Crippen molar-refractivity contribution >= 4 is 27.4 Å². The summed E-state index contributed by atoms with van der Waals surface area (Å²) in [7, 11) is 2.14. The van der Waals surface area contributed by atoms with Gasteiger partial charge < -0.3 is 5.73 Å². The van der Waals surface area contributed by atoms with Crippen molar-refractivity contribution in [3.63, 3.8) is 0 Å². The summed E-state index contributed by atoms with van der Waals surface area (Å²) < 4.78 is 0. The smallest absolute Gasteiger partial charge is 0.146 e. The maximum Gasteiger partial charge on any atom is 0.146 e. The van der Waals surface area contributed by atoms with E-state index in [1.165, 1.54) is 16.9 Å². The van der Waals surface area contributed by atoms with Crippen LogP contribution in [0.4, 0.5) is 5.82 Å². The normalized spacial score (nSPS) is 21.9. The van der Waals surface area contributed by atoms with Gasteiger partial charge in [-0.25, -0.2) is 9.97 Å². The minimum atomic E-state index is 0.625. The number of nitrogens with zero attached hydrogens (tertiary/aromatic N) is 3. The second-order valence-electron chi connectivity index (χ2n) is 6.16. The molecule has 1 saturated carbocycles. The van der Waals surface area contributed by atoms with Gasteiger partial charge in [0.25, 0.3) is 0 Å². The quantitative estimate of drug-likeness (QED) is 0.940. The zero-order valence-corrected chi connectivity index (χ0v) is 13.4. The van der Waals surface area contributed by atoms with Crippen molar-refractivity contribution in [1.82, 2.24) is 14.9 Å². The molecule has 0 bridgehead atoms. The summed E-state index contributed by atoms with van der Waals surface area (Å²) in [6.07, 6.45) is 1.36. The number of anilines is 1. The summed E-state index contributed by atoms with van der Waals surface area (Å²) in [6, 6.07) is 0. The fraction of sp³-hybridized carbons (Fsp3) is 0.600. The van der Waals surface area contributed by atoms with Crippen LogP contribution in [0.5, 0.6) is 0 Å². The highest BCUT2D eigenvalue weighted by molar-refractivity contribution is 7.18. The van der Waals surface area contributed by atoms with Gasteiger partial charge in [0, 0.05) is 11.4 Å². The molecule has 108 valence electrons. The number of hydrogen-bond acceptors (Lipinski definition) is 5. The van der Waals surface area contributed by atoms with E-state index < -0.39 is 0 Å². The van der Waals surface area contributed by atoms with E-state index in [2.05, 4.69) is 37.7 Å². The van der Waals surface area contributed by atoms with Crippen LogP contribution in [-0.2, 0) is 6.54 Å². The molecule has 5 heteroatoms. The maximum atomic E-state index is 6.12. The van der Waals surface area contributed by atoms with Crippen LogP contribution in [0.25, 0.3) is 10.2 Å². The lowest BCUT2D eigenvalue weighted by Gasteiger charge is -2.15.